The number of nitrogens with one attached hydrogen (secondary N) is 1. The van der Waals surface area contributed by atoms with E-state index in [1.165, 1.54) is 27.8 Å². The van der Waals surface area contributed by atoms with Crippen molar-refractivity contribution in [2.45, 2.75) is 43.9 Å². The lowest BCUT2D eigenvalue weighted by Gasteiger charge is -2.30. The lowest BCUT2D eigenvalue weighted by atomic mass is 9.97. The van der Waals surface area contributed by atoms with Gasteiger partial charge in [0.1, 0.15) is 5.01 Å². The molecule has 1 amide bonds. The van der Waals surface area contributed by atoms with Crippen molar-refractivity contribution in [2.24, 2.45) is 5.92 Å². The second kappa shape index (κ2) is 8.06. The average molecular weight is 443 g/mol. The second-order valence-corrected chi connectivity index (χ2v) is 11.1. The van der Waals surface area contributed by atoms with Gasteiger partial charge in [-0.1, -0.05) is 43.7 Å². The number of hydrogen-bond donors (Lipinski definition) is 1. The van der Waals surface area contributed by atoms with Crippen molar-refractivity contribution < 1.29 is 13.2 Å². The lowest BCUT2D eigenvalue weighted by Crippen LogP contribution is -2.41. The normalized spacial score (nSPS) is 16.9. The molecule has 7 nitrogen and oxygen atoms in total. The van der Waals surface area contributed by atoms with Gasteiger partial charge >= 0.3 is 0 Å². The summed E-state index contributed by atoms with van der Waals surface area (Å²) in [6.45, 7) is 6.71. The molecule has 0 aliphatic carbocycles. The van der Waals surface area contributed by atoms with Crippen LogP contribution in [0.5, 0.6) is 0 Å². The standard InChI is InChI=1S/C18H23ClN4O3S2/c1-18(2,3)16-21-22-17(27-16)20-15(24)12-8-10-23(11-9-12)28(25,26)14-6-4-13(19)5-7-14/h4-7,12H,8-11H2,1-3H3,(H,20,22,24). The van der Waals surface area contributed by atoms with E-state index in [0.717, 1.165) is 5.01 Å². The SMILES string of the molecule is CC(C)(C)c1nnc(NC(=O)C2CCN(S(=O)(=O)c3ccc(Cl)cc3)CC2)s1. The Morgan fingerprint density at radius 1 is 1.18 bits per heavy atom. The summed E-state index contributed by atoms with van der Waals surface area (Å²) in [4.78, 5) is 12.7. The van der Waals surface area contributed by atoms with Gasteiger partial charge in [0.15, 0.2) is 0 Å². The van der Waals surface area contributed by atoms with Crippen LogP contribution < -0.4 is 5.32 Å². The molecule has 1 aromatic carbocycles. The summed E-state index contributed by atoms with van der Waals surface area (Å²) in [6.07, 6.45) is 0.924. The third kappa shape index (κ3) is 4.71. The number of anilines is 1. The minimum atomic E-state index is -3.58. The molecule has 3 rings (SSSR count). The Bertz CT molecular complexity index is 944. The smallest absolute Gasteiger partial charge is 0.243 e. The fourth-order valence-electron chi connectivity index (χ4n) is 2.90. The Balaban J connectivity index is 1.59. The maximum absolute atomic E-state index is 12.7. The number of nitrogens with zero attached hydrogens (tertiary/aromatic N) is 3. The van der Waals surface area contributed by atoms with Gasteiger partial charge in [-0.3, -0.25) is 4.79 Å². The van der Waals surface area contributed by atoms with E-state index in [4.69, 9.17) is 11.6 Å². The van der Waals surface area contributed by atoms with Gasteiger partial charge in [0.05, 0.1) is 4.90 Å². The summed E-state index contributed by atoms with van der Waals surface area (Å²) in [6, 6.07) is 6.11. The number of halogens is 1. The first kappa shape index (κ1) is 21.2. The minimum absolute atomic E-state index is 0.123. The molecule has 0 saturated carbocycles. The van der Waals surface area contributed by atoms with Crippen molar-refractivity contribution in [1.82, 2.24) is 14.5 Å². The maximum Gasteiger partial charge on any atom is 0.243 e. The van der Waals surface area contributed by atoms with Gasteiger partial charge in [-0.2, -0.15) is 4.31 Å². The first-order valence-electron chi connectivity index (χ1n) is 8.98. The van der Waals surface area contributed by atoms with E-state index in [9.17, 15) is 13.2 Å². The van der Waals surface area contributed by atoms with Crippen LogP contribution in [0.2, 0.25) is 5.02 Å². The van der Waals surface area contributed by atoms with E-state index in [-0.39, 0.29) is 22.1 Å². The van der Waals surface area contributed by atoms with E-state index >= 15 is 0 Å². The van der Waals surface area contributed by atoms with Crippen molar-refractivity contribution in [3.05, 3.63) is 34.3 Å². The average Bonchev–Trinajstić information content (AvgIpc) is 3.11. The number of aromatic nitrogens is 2. The summed E-state index contributed by atoms with van der Waals surface area (Å²) < 4.78 is 26.9. The number of sulfonamides is 1. The molecule has 0 bridgehead atoms. The quantitative estimate of drug-likeness (QED) is 0.781. The van der Waals surface area contributed by atoms with Gasteiger partial charge in [0, 0.05) is 29.4 Å². The highest BCUT2D eigenvalue weighted by Gasteiger charge is 2.32. The molecule has 1 aromatic heterocycles. The molecule has 0 spiro atoms. The Kier molecular flexibility index (Phi) is 6.09. The Hall–Kier alpha value is -1.55. The zero-order valence-electron chi connectivity index (χ0n) is 16.0. The predicted molar refractivity (Wildman–Crippen MR) is 110 cm³/mol. The van der Waals surface area contributed by atoms with E-state index in [1.807, 2.05) is 20.8 Å². The Morgan fingerprint density at radius 3 is 2.32 bits per heavy atom. The Labute approximate surface area is 174 Å². The molecule has 152 valence electrons. The number of benzene rings is 1. The summed E-state index contributed by atoms with van der Waals surface area (Å²) in [7, 11) is -3.58. The number of rotatable bonds is 4. The van der Waals surface area contributed by atoms with Gasteiger partial charge in [-0.25, -0.2) is 8.42 Å². The number of piperidine rings is 1. The van der Waals surface area contributed by atoms with Crippen molar-refractivity contribution >= 4 is 44.0 Å². The molecule has 1 fully saturated rings. The predicted octanol–water partition coefficient (Wildman–Crippen LogP) is 3.53. The van der Waals surface area contributed by atoms with Crippen molar-refractivity contribution in [3.63, 3.8) is 0 Å². The van der Waals surface area contributed by atoms with Crippen LogP contribution in [0.15, 0.2) is 29.2 Å². The molecule has 1 N–H and O–H groups in total. The van der Waals surface area contributed by atoms with Crippen LogP contribution in [0, 0.1) is 5.92 Å². The Morgan fingerprint density at radius 2 is 1.79 bits per heavy atom. The molecular formula is C18H23ClN4O3S2. The van der Waals surface area contributed by atoms with Gasteiger partial charge in [0.25, 0.3) is 0 Å². The molecule has 1 aliphatic rings. The van der Waals surface area contributed by atoms with E-state index in [0.29, 0.717) is 36.1 Å². The van der Waals surface area contributed by atoms with Crippen LogP contribution in [0.25, 0.3) is 0 Å². The van der Waals surface area contributed by atoms with Crippen LogP contribution in [0.3, 0.4) is 0 Å². The fraction of sp³-hybridized carbons (Fsp3) is 0.500. The first-order chi connectivity index (χ1) is 13.1. The van der Waals surface area contributed by atoms with E-state index < -0.39 is 10.0 Å². The van der Waals surface area contributed by atoms with Gasteiger partial charge in [0.2, 0.25) is 21.1 Å². The largest absolute Gasteiger partial charge is 0.300 e. The molecule has 28 heavy (non-hydrogen) atoms. The van der Waals surface area contributed by atoms with Gasteiger partial charge < -0.3 is 5.32 Å². The van der Waals surface area contributed by atoms with Gasteiger partial charge in [-0.05, 0) is 37.1 Å². The summed E-state index contributed by atoms with van der Waals surface area (Å²) >= 11 is 7.20. The molecule has 1 aliphatic heterocycles. The fourth-order valence-corrected chi connectivity index (χ4v) is 5.30. The third-order valence-corrected chi connectivity index (χ3v) is 8.00. The topological polar surface area (TPSA) is 92.3 Å². The maximum atomic E-state index is 12.7. The molecule has 10 heteroatoms. The van der Waals surface area contributed by atoms with E-state index in [2.05, 4.69) is 15.5 Å². The van der Waals surface area contributed by atoms with Crippen LogP contribution in [0.1, 0.15) is 38.6 Å². The molecule has 0 unspecified atom stereocenters. The molecule has 0 atom stereocenters. The molecule has 2 aromatic rings. The van der Waals surface area contributed by atoms with Crippen LogP contribution in [0.4, 0.5) is 5.13 Å². The number of carbonyl (C=O) groups is 1. The highest BCUT2D eigenvalue weighted by molar-refractivity contribution is 7.89. The molecule has 2 heterocycles. The lowest BCUT2D eigenvalue weighted by molar-refractivity contribution is -0.120. The van der Waals surface area contributed by atoms with Crippen molar-refractivity contribution in [1.29, 1.82) is 0 Å². The minimum Gasteiger partial charge on any atom is -0.300 e. The zero-order chi connectivity index (χ0) is 20.5. The van der Waals surface area contributed by atoms with Crippen molar-refractivity contribution in [3.8, 4) is 0 Å². The third-order valence-electron chi connectivity index (χ3n) is 4.57. The summed E-state index contributed by atoms with van der Waals surface area (Å²) in [5, 5.41) is 12.8. The summed E-state index contributed by atoms with van der Waals surface area (Å²) in [5.41, 5.74) is -0.123. The highest BCUT2D eigenvalue weighted by Crippen LogP contribution is 2.29. The highest BCUT2D eigenvalue weighted by atomic mass is 35.5. The monoisotopic (exact) mass is 442 g/mol. The number of carbonyl (C=O) groups excluding carboxylic acids is 1. The van der Waals surface area contributed by atoms with E-state index in [1.54, 1.807) is 12.1 Å². The molecular weight excluding hydrogens is 420 g/mol. The number of hydrogen-bond acceptors (Lipinski definition) is 6. The second-order valence-electron chi connectivity index (χ2n) is 7.78. The van der Waals surface area contributed by atoms with Gasteiger partial charge in [-0.15, -0.1) is 10.2 Å². The van der Waals surface area contributed by atoms with Crippen LogP contribution >= 0.6 is 22.9 Å². The zero-order valence-corrected chi connectivity index (χ0v) is 18.4. The molecule has 0 radical (unpaired) electrons. The van der Waals surface area contributed by atoms with Crippen LogP contribution in [-0.2, 0) is 20.2 Å². The van der Waals surface area contributed by atoms with Crippen molar-refractivity contribution in [2.75, 3.05) is 18.4 Å². The van der Waals surface area contributed by atoms with Crippen LogP contribution in [-0.4, -0.2) is 41.9 Å². The summed E-state index contributed by atoms with van der Waals surface area (Å²) in [5.74, 6) is -0.390. The first-order valence-corrected chi connectivity index (χ1v) is 11.6. The number of amides is 1. The molecule has 1 saturated heterocycles.